The van der Waals surface area contributed by atoms with Gasteiger partial charge in [-0.1, -0.05) is 20.8 Å². The Morgan fingerprint density at radius 3 is 2.61 bits per heavy atom. The Morgan fingerprint density at radius 1 is 1.11 bits per heavy atom. The summed E-state index contributed by atoms with van der Waals surface area (Å²) in [5, 5.41) is 3.25. The van der Waals surface area contributed by atoms with Crippen LogP contribution >= 0.6 is 0 Å². The molecular weight excluding hydrogens is 458 g/mol. The molecule has 0 aliphatic carbocycles. The molecule has 2 bridgehead atoms. The summed E-state index contributed by atoms with van der Waals surface area (Å²) in [6.07, 6.45) is 8.70. The number of carbonyl (C=O) groups excluding carboxylic acids is 3. The minimum atomic E-state index is -0.499. The summed E-state index contributed by atoms with van der Waals surface area (Å²) >= 11 is 0. The third kappa shape index (κ3) is 6.16. The molecule has 3 saturated heterocycles. The van der Waals surface area contributed by atoms with Gasteiger partial charge in [-0.25, -0.2) is 14.8 Å². The summed E-state index contributed by atoms with van der Waals surface area (Å²) in [4.78, 5) is 51.0. The maximum absolute atomic E-state index is 13.5. The summed E-state index contributed by atoms with van der Waals surface area (Å²) < 4.78 is 4.73. The lowest BCUT2D eigenvalue weighted by molar-refractivity contribution is -0.139. The Morgan fingerprint density at radius 2 is 1.92 bits per heavy atom. The molecule has 3 aliphatic rings. The van der Waals surface area contributed by atoms with E-state index in [9.17, 15) is 14.4 Å². The number of hydrogen-bond donors (Lipinski definition) is 1. The van der Waals surface area contributed by atoms with Gasteiger partial charge in [0.2, 0.25) is 11.8 Å². The number of fused-ring (bicyclic) bond motifs is 4. The van der Waals surface area contributed by atoms with Crippen molar-refractivity contribution in [1.29, 1.82) is 0 Å². The van der Waals surface area contributed by atoms with E-state index in [-0.39, 0.29) is 29.6 Å². The van der Waals surface area contributed by atoms with Crippen LogP contribution in [-0.2, 0) is 14.3 Å². The van der Waals surface area contributed by atoms with E-state index in [2.05, 4.69) is 45.9 Å². The topological polar surface area (TPSA) is 105 Å². The van der Waals surface area contributed by atoms with Crippen LogP contribution in [0.4, 0.5) is 5.82 Å². The average molecular weight is 500 g/mol. The molecule has 3 aliphatic heterocycles. The third-order valence-electron chi connectivity index (χ3n) is 8.19. The van der Waals surface area contributed by atoms with Crippen LogP contribution in [-0.4, -0.2) is 71.5 Å². The van der Waals surface area contributed by atoms with Crippen LogP contribution in [0.15, 0.2) is 12.4 Å². The fraction of sp³-hybridized carbons (Fsp3) is 0.741. The van der Waals surface area contributed by atoms with Gasteiger partial charge in [0.15, 0.2) is 5.69 Å². The number of anilines is 1. The van der Waals surface area contributed by atoms with Gasteiger partial charge >= 0.3 is 5.97 Å². The molecular formula is C27H41N5O4. The molecule has 4 rings (SSSR count). The first-order valence-electron chi connectivity index (χ1n) is 13.5. The molecule has 1 N–H and O–H groups in total. The van der Waals surface area contributed by atoms with Crippen LogP contribution in [0.2, 0.25) is 0 Å². The normalized spacial score (nSPS) is 30.0. The first-order chi connectivity index (χ1) is 17.2. The lowest BCUT2D eigenvalue weighted by Crippen LogP contribution is -2.59. The highest BCUT2D eigenvalue weighted by Gasteiger charge is 2.43. The molecule has 0 unspecified atom stereocenters. The fourth-order valence-corrected chi connectivity index (χ4v) is 6.19. The quantitative estimate of drug-likeness (QED) is 0.638. The monoisotopic (exact) mass is 499 g/mol. The standard InChI is InChI=1S/C27H41N5O4/c1-17(2)21-9-8-18(3)10-26(34)32-15-19-11-20(23(32)6-5-7-25(33)30-21)16-31(14-19)24-13-28-22(12-29-24)27(35)36-4/h12-13,17-21,23H,5-11,14-16H2,1-4H3,(H,30,33)/t18-,19+,20-,21+,23+/m1/s1. The van der Waals surface area contributed by atoms with E-state index in [4.69, 9.17) is 4.74 Å². The van der Waals surface area contributed by atoms with E-state index in [1.807, 2.05) is 0 Å². The molecule has 0 aromatic carbocycles. The van der Waals surface area contributed by atoms with E-state index in [1.165, 1.54) is 13.3 Å². The molecule has 1 aromatic heterocycles. The lowest BCUT2D eigenvalue weighted by Gasteiger charge is -2.51. The Hall–Kier alpha value is -2.71. The number of hydrogen-bond acceptors (Lipinski definition) is 7. The molecule has 0 saturated carbocycles. The van der Waals surface area contributed by atoms with Gasteiger partial charge in [-0.15, -0.1) is 0 Å². The van der Waals surface area contributed by atoms with Gasteiger partial charge in [0.05, 0.1) is 19.5 Å². The molecule has 5 atom stereocenters. The van der Waals surface area contributed by atoms with Crippen molar-refractivity contribution in [3.05, 3.63) is 18.1 Å². The highest BCUT2D eigenvalue weighted by molar-refractivity contribution is 5.86. The van der Waals surface area contributed by atoms with Gasteiger partial charge in [0, 0.05) is 44.6 Å². The molecule has 0 radical (unpaired) electrons. The van der Waals surface area contributed by atoms with Gasteiger partial charge in [0.1, 0.15) is 5.82 Å². The molecule has 198 valence electrons. The molecule has 0 spiro atoms. The summed E-state index contributed by atoms with van der Waals surface area (Å²) in [5.74, 6) is 1.98. The van der Waals surface area contributed by atoms with E-state index < -0.39 is 5.97 Å². The summed E-state index contributed by atoms with van der Waals surface area (Å²) in [7, 11) is 1.33. The Kier molecular flexibility index (Phi) is 8.46. The third-order valence-corrected chi connectivity index (χ3v) is 8.19. The predicted molar refractivity (Wildman–Crippen MR) is 136 cm³/mol. The van der Waals surface area contributed by atoms with Crippen molar-refractivity contribution in [3.8, 4) is 0 Å². The first-order valence-corrected chi connectivity index (χ1v) is 13.5. The number of nitrogens with zero attached hydrogens (tertiary/aromatic N) is 4. The van der Waals surface area contributed by atoms with Crippen LogP contribution in [0.25, 0.3) is 0 Å². The SMILES string of the molecule is COC(=O)c1cnc(N2C[C@@H]3C[C@H](C2)[C@@H]2CCCC(=O)N[C@H](C(C)C)CC[C@@H](C)CC(=O)N2C3)cn1. The van der Waals surface area contributed by atoms with Crippen molar-refractivity contribution in [2.45, 2.75) is 77.8 Å². The van der Waals surface area contributed by atoms with Gasteiger partial charge in [-0.3, -0.25) is 9.59 Å². The van der Waals surface area contributed by atoms with Crippen molar-refractivity contribution in [2.24, 2.45) is 23.7 Å². The van der Waals surface area contributed by atoms with Crippen molar-refractivity contribution >= 4 is 23.6 Å². The second kappa shape index (κ2) is 11.6. The van der Waals surface area contributed by atoms with Crippen molar-refractivity contribution in [2.75, 3.05) is 31.6 Å². The largest absolute Gasteiger partial charge is 0.464 e. The number of methoxy groups -OCH3 is 1. The van der Waals surface area contributed by atoms with Crippen molar-refractivity contribution in [1.82, 2.24) is 20.2 Å². The van der Waals surface area contributed by atoms with E-state index in [1.54, 1.807) is 6.20 Å². The molecule has 3 fully saturated rings. The number of amides is 2. The minimum absolute atomic E-state index is 0.124. The number of ether oxygens (including phenoxy) is 1. The van der Waals surface area contributed by atoms with Gasteiger partial charge in [0.25, 0.3) is 0 Å². The highest BCUT2D eigenvalue weighted by Crippen LogP contribution is 2.37. The minimum Gasteiger partial charge on any atom is -0.464 e. The smallest absolute Gasteiger partial charge is 0.358 e. The summed E-state index contributed by atoms with van der Waals surface area (Å²) in [5.41, 5.74) is 0.192. The molecule has 1 aromatic rings. The summed E-state index contributed by atoms with van der Waals surface area (Å²) in [6.45, 7) is 8.81. The van der Waals surface area contributed by atoms with Crippen molar-refractivity contribution < 1.29 is 19.1 Å². The highest BCUT2D eigenvalue weighted by atomic mass is 16.5. The number of piperidine rings is 2. The molecule has 36 heavy (non-hydrogen) atoms. The Bertz CT molecular complexity index is 937. The van der Waals surface area contributed by atoms with Crippen LogP contribution < -0.4 is 10.2 Å². The summed E-state index contributed by atoms with van der Waals surface area (Å²) in [6, 6.07) is 0.290. The fourth-order valence-electron chi connectivity index (χ4n) is 6.19. The van der Waals surface area contributed by atoms with Crippen LogP contribution in [0.1, 0.15) is 76.2 Å². The Labute approximate surface area is 214 Å². The van der Waals surface area contributed by atoms with Crippen LogP contribution in [0.3, 0.4) is 0 Å². The van der Waals surface area contributed by atoms with Gasteiger partial charge < -0.3 is 19.9 Å². The zero-order chi connectivity index (χ0) is 25.8. The zero-order valence-corrected chi connectivity index (χ0v) is 22.1. The predicted octanol–water partition coefficient (Wildman–Crippen LogP) is 3.05. The van der Waals surface area contributed by atoms with Gasteiger partial charge in [-0.2, -0.15) is 0 Å². The zero-order valence-electron chi connectivity index (χ0n) is 22.1. The second-order valence-corrected chi connectivity index (χ2v) is 11.3. The molecule has 9 nitrogen and oxygen atoms in total. The van der Waals surface area contributed by atoms with Crippen LogP contribution in [0.5, 0.6) is 0 Å². The number of aromatic nitrogens is 2. The maximum Gasteiger partial charge on any atom is 0.358 e. The van der Waals surface area contributed by atoms with E-state index in [0.717, 1.165) is 57.6 Å². The van der Waals surface area contributed by atoms with Crippen LogP contribution in [0, 0.1) is 23.7 Å². The maximum atomic E-state index is 13.5. The van der Waals surface area contributed by atoms with Crippen molar-refractivity contribution in [3.63, 3.8) is 0 Å². The molecule has 2 amide bonds. The number of nitrogens with one attached hydrogen (secondary N) is 1. The number of esters is 1. The Balaban J connectivity index is 1.50. The lowest BCUT2D eigenvalue weighted by atomic mass is 9.77. The molecule has 4 heterocycles. The first kappa shape index (κ1) is 26.4. The number of carbonyl (C=O) groups is 3. The second-order valence-electron chi connectivity index (χ2n) is 11.3. The average Bonchev–Trinajstić information content (AvgIpc) is 2.87. The van der Waals surface area contributed by atoms with Gasteiger partial charge in [-0.05, 0) is 55.8 Å². The number of rotatable bonds is 3. The van der Waals surface area contributed by atoms with E-state index in [0.29, 0.717) is 36.5 Å². The van der Waals surface area contributed by atoms with E-state index >= 15 is 0 Å². The molecule has 9 heteroatoms.